The first-order chi connectivity index (χ1) is 8.40. The lowest BCUT2D eigenvalue weighted by Crippen LogP contribution is -2.31. The van der Waals surface area contributed by atoms with Gasteiger partial charge < -0.3 is 14.9 Å². The molecular weight excluding hydrogens is 236 g/mol. The second-order valence-electron chi connectivity index (χ2n) is 4.41. The second-order valence-corrected chi connectivity index (χ2v) is 4.41. The second kappa shape index (κ2) is 5.75. The summed E-state index contributed by atoms with van der Waals surface area (Å²) < 4.78 is 4.68. The Bertz CT molecular complexity index is 416. The molecule has 5 heteroatoms. The molecule has 0 fully saturated rings. The van der Waals surface area contributed by atoms with Crippen molar-refractivity contribution in [1.29, 1.82) is 0 Å². The van der Waals surface area contributed by atoms with Crippen molar-refractivity contribution in [3.8, 4) is 0 Å². The Balaban J connectivity index is 2.92. The number of aliphatic hydroxyl groups is 2. The van der Waals surface area contributed by atoms with Crippen LogP contribution >= 0.6 is 0 Å². The monoisotopic (exact) mass is 252 g/mol. The molecule has 0 spiro atoms. The third-order valence-electron chi connectivity index (χ3n) is 2.49. The molecule has 1 aromatic rings. The highest BCUT2D eigenvalue weighted by Crippen LogP contribution is 2.19. The van der Waals surface area contributed by atoms with E-state index >= 15 is 0 Å². The van der Waals surface area contributed by atoms with Gasteiger partial charge in [0.1, 0.15) is 11.7 Å². The smallest absolute Gasteiger partial charge is 0.293 e. The molecule has 1 atom stereocenters. The lowest BCUT2D eigenvalue weighted by Gasteiger charge is -2.16. The van der Waals surface area contributed by atoms with E-state index in [1.807, 2.05) is 0 Å². The summed E-state index contributed by atoms with van der Waals surface area (Å²) in [6.45, 7) is 2.75. The average Bonchev–Trinajstić information content (AvgIpc) is 2.34. The topological polar surface area (TPSA) is 83.8 Å². The van der Waals surface area contributed by atoms with E-state index in [1.54, 1.807) is 12.1 Å². The van der Waals surface area contributed by atoms with Crippen LogP contribution in [0.1, 0.15) is 35.9 Å². The molecule has 0 heterocycles. The Hall–Kier alpha value is -1.72. The predicted molar refractivity (Wildman–Crippen MR) is 64.0 cm³/mol. The first-order valence-electron chi connectivity index (χ1n) is 5.47. The first kappa shape index (κ1) is 14.3. The van der Waals surface area contributed by atoms with E-state index in [4.69, 9.17) is 5.11 Å². The normalized spacial score (nSPS) is 12.9. The standard InChI is InChI=1S/C13H16O5/c1-13(2,17)12(16)10-5-3-9(4-6-10)11(7-14)18-8-15/h3-6,8,11,14,17H,7H2,1-2H3. The van der Waals surface area contributed by atoms with Gasteiger partial charge in [0.15, 0.2) is 5.78 Å². The molecule has 1 rings (SSSR count). The molecular formula is C13H16O5. The summed E-state index contributed by atoms with van der Waals surface area (Å²) in [5.74, 6) is -0.397. The fraction of sp³-hybridized carbons (Fsp3) is 0.385. The van der Waals surface area contributed by atoms with Crippen molar-refractivity contribution >= 4 is 12.3 Å². The van der Waals surface area contributed by atoms with Crippen molar-refractivity contribution in [3.05, 3.63) is 35.4 Å². The van der Waals surface area contributed by atoms with Crippen LogP contribution in [0.15, 0.2) is 24.3 Å². The maximum atomic E-state index is 11.8. The molecule has 0 saturated heterocycles. The van der Waals surface area contributed by atoms with Crippen molar-refractivity contribution in [2.75, 3.05) is 6.61 Å². The van der Waals surface area contributed by atoms with Gasteiger partial charge in [0.05, 0.1) is 6.61 Å². The number of ether oxygens (including phenoxy) is 1. The number of rotatable bonds is 6. The first-order valence-corrected chi connectivity index (χ1v) is 5.47. The van der Waals surface area contributed by atoms with Crippen molar-refractivity contribution in [2.45, 2.75) is 25.6 Å². The summed E-state index contributed by atoms with van der Waals surface area (Å²) in [5, 5.41) is 18.6. The summed E-state index contributed by atoms with van der Waals surface area (Å²) in [5.41, 5.74) is -0.497. The van der Waals surface area contributed by atoms with Crippen LogP contribution in [-0.4, -0.2) is 34.7 Å². The van der Waals surface area contributed by atoms with E-state index in [-0.39, 0.29) is 13.1 Å². The SMILES string of the molecule is CC(C)(O)C(=O)c1ccc(C(CO)OC=O)cc1. The third-order valence-corrected chi connectivity index (χ3v) is 2.49. The number of Topliss-reactive ketones (excluding diaryl/α,β-unsaturated/α-hetero) is 1. The molecule has 0 radical (unpaired) electrons. The molecule has 5 nitrogen and oxygen atoms in total. The number of benzene rings is 1. The highest BCUT2D eigenvalue weighted by Gasteiger charge is 2.25. The minimum Gasteiger partial charge on any atom is -0.457 e. The predicted octanol–water partition coefficient (Wildman–Crippen LogP) is 0.847. The van der Waals surface area contributed by atoms with Crippen LogP contribution in [0.2, 0.25) is 0 Å². The molecule has 98 valence electrons. The molecule has 0 aliphatic rings. The largest absolute Gasteiger partial charge is 0.457 e. The molecule has 0 aromatic heterocycles. The minimum absolute atomic E-state index is 0.261. The van der Waals surface area contributed by atoms with Crippen molar-refractivity contribution in [2.24, 2.45) is 0 Å². The van der Waals surface area contributed by atoms with Gasteiger partial charge in [-0.3, -0.25) is 9.59 Å². The van der Waals surface area contributed by atoms with Gasteiger partial charge in [-0.1, -0.05) is 24.3 Å². The van der Waals surface area contributed by atoms with Gasteiger partial charge in [-0.25, -0.2) is 0 Å². The fourth-order valence-electron chi connectivity index (χ4n) is 1.50. The van der Waals surface area contributed by atoms with Crippen molar-refractivity contribution in [1.82, 2.24) is 0 Å². The van der Waals surface area contributed by atoms with Crippen LogP contribution in [-0.2, 0) is 9.53 Å². The van der Waals surface area contributed by atoms with E-state index in [0.29, 0.717) is 11.1 Å². The number of ketones is 1. The van der Waals surface area contributed by atoms with Gasteiger partial charge in [-0.15, -0.1) is 0 Å². The van der Waals surface area contributed by atoms with E-state index in [2.05, 4.69) is 4.74 Å². The Morgan fingerprint density at radius 3 is 2.33 bits per heavy atom. The number of carbonyl (C=O) groups is 2. The van der Waals surface area contributed by atoms with Crippen LogP contribution < -0.4 is 0 Å². The molecule has 2 N–H and O–H groups in total. The van der Waals surface area contributed by atoms with Gasteiger partial charge in [0, 0.05) is 5.56 Å². The van der Waals surface area contributed by atoms with Gasteiger partial charge in [-0.05, 0) is 19.4 Å². The van der Waals surface area contributed by atoms with E-state index in [9.17, 15) is 14.7 Å². The average molecular weight is 252 g/mol. The summed E-state index contributed by atoms with van der Waals surface area (Å²) in [6, 6.07) is 6.19. The summed E-state index contributed by atoms with van der Waals surface area (Å²) >= 11 is 0. The molecule has 18 heavy (non-hydrogen) atoms. The van der Waals surface area contributed by atoms with Crippen LogP contribution in [0.25, 0.3) is 0 Å². The number of carbonyl (C=O) groups excluding carboxylic acids is 2. The zero-order valence-corrected chi connectivity index (χ0v) is 10.3. The minimum atomic E-state index is -1.43. The number of hydrogen-bond donors (Lipinski definition) is 2. The van der Waals surface area contributed by atoms with Crippen LogP contribution in [0, 0.1) is 0 Å². The Kier molecular flexibility index (Phi) is 4.58. The fourth-order valence-corrected chi connectivity index (χ4v) is 1.50. The Labute approximate surface area is 105 Å². The van der Waals surface area contributed by atoms with E-state index < -0.39 is 17.5 Å². The summed E-state index contributed by atoms with van der Waals surface area (Å²) in [7, 11) is 0. The Morgan fingerprint density at radius 1 is 1.39 bits per heavy atom. The lowest BCUT2D eigenvalue weighted by molar-refractivity contribution is -0.135. The number of hydrogen-bond acceptors (Lipinski definition) is 5. The van der Waals surface area contributed by atoms with Gasteiger partial charge in [0.25, 0.3) is 6.47 Å². The van der Waals surface area contributed by atoms with Gasteiger partial charge in [-0.2, -0.15) is 0 Å². The maximum Gasteiger partial charge on any atom is 0.293 e. The van der Waals surface area contributed by atoms with Crippen LogP contribution in [0.5, 0.6) is 0 Å². The molecule has 0 bridgehead atoms. The Morgan fingerprint density at radius 2 is 1.94 bits per heavy atom. The molecule has 1 unspecified atom stereocenters. The quantitative estimate of drug-likeness (QED) is 0.579. The summed E-state index contributed by atoms with van der Waals surface area (Å²) in [6.07, 6.45) is -0.742. The van der Waals surface area contributed by atoms with E-state index in [1.165, 1.54) is 26.0 Å². The van der Waals surface area contributed by atoms with Crippen molar-refractivity contribution < 1.29 is 24.5 Å². The third kappa shape index (κ3) is 3.38. The lowest BCUT2D eigenvalue weighted by atomic mass is 9.95. The van der Waals surface area contributed by atoms with Gasteiger partial charge in [0.2, 0.25) is 0 Å². The molecule has 0 aliphatic carbocycles. The van der Waals surface area contributed by atoms with Crippen molar-refractivity contribution in [3.63, 3.8) is 0 Å². The maximum absolute atomic E-state index is 11.8. The van der Waals surface area contributed by atoms with E-state index in [0.717, 1.165) is 0 Å². The molecule has 0 amide bonds. The summed E-state index contributed by atoms with van der Waals surface area (Å²) in [4.78, 5) is 22.0. The highest BCUT2D eigenvalue weighted by atomic mass is 16.5. The molecule has 1 aromatic carbocycles. The van der Waals surface area contributed by atoms with Crippen LogP contribution in [0.4, 0.5) is 0 Å². The zero-order chi connectivity index (χ0) is 13.8. The molecule has 0 aliphatic heterocycles. The highest BCUT2D eigenvalue weighted by molar-refractivity contribution is 6.01. The van der Waals surface area contributed by atoms with Gasteiger partial charge >= 0.3 is 0 Å². The number of aliphatic hydroxyl groups excluding tert-OH is 1. The zero-order valence-electron chi connectivity index (χ0n) is 10.3. The molecule has 0 saturated carbocycles. The van der Waals surface area contributed by atoms with Crippen LogP contribution in [0.3, 0.4) is 0 Å².